The summed E-state index contributed by atoms with van der Waals surface area (Å²) in [5.74, 6) is 0. The monoisotopic (exact) mass is 581 g/mol. The minimum absolute atomic E-state index is 0.586. The first-order valence-electron chi connectivity index (χ1n) is 0.926. The molecule has 0 N–H and O–H groups in total. The molecule has 0 aromatic heterocycles. The standard InChI is InChI=1S/4BrH.2ClH.2Mo/h6*1H;;/q;;;;;;+2;+4/p-6. The third-order valence-corrected chi connectivity index (χ3v) is 0. The summed E-state index contributed by atoms with van der Waals surface area (Å²) in [6.07, 6.45) is 0. The van der Waals surface area contributed by atoms with E-state index in [0.717, 1.165) is 0 Å². The molecule has 0 heterocycles. The molecule has 8 heteroatoms. The van der Waals surface area contributed by atoms with E-state index in [1.165, 1.54) is 0 Å². The van der Waals surface area contributed by atoms with Gasteiger partial charge in [-0.2, -0.15) is 0 Å². The van der Waals surface area contributed by atoms with Crippen LogP contribution < -0.4 is 0 Å². The summed E-state index contributed by atoms with van der Waals surface area (Å²) in [5.41, 5.74) is 0. The first-order valence-corrected chi connectivity index (χ1v) is 24.5. The van der Waals surface area contributed by atoms with Crippen LogP contribution in [0.3, 0.4) is 0 Å². The van der Waals surface area contributed by atoms with Crippen molar-refractivity contribution in [2.24, 2.45) is 0 Å². The Morgan fingerprint density at radius 1 is 1.00 bits per heavy atom. The Kier molecular flexibility index (Phi) is 16.1. The summed E-state index contributed by atoms with van der Waals surface area (Å²) < 4.78 is 0. The third-order valence-electron chi connectivity index (χ3n) is 0. The maximum absolute atomic E-state index is 4.89. The van der Waals surface area contributed by atoms with Crippen LogP contribution in [0.5, 0.6) is 0 Å². The van der Waals surface area contributed by atoms with Crippen molar-refractivity contribution >= 4 is 72.0 Å². The molecule has 8 heavy (non-hydrogen) atoms. The van der Waals surface area contributed by atoms with Crippen molar-refractivity contribution in [2.45, 2.75) is 0 Å². The van der Waals surface area contributed by atoms with Crippen molar-refractivity contribution < 1.29 is 24.3 Å². The molecular formula is Br4Cl2Mo2. The van der Waals surface area contributed by atoms with Gasteiger partial charge in [0.2, 0.25) is 0 Å². The molecule has 0 spiro atoms. The van der Waals surface area contributed by atoms with Gasteiger partial charge in [0.15, 0.2) is 0 Å². The van der Waals surface area contributed by atoms with E-state index >= 15 is 0 Å². The fourth-order valence-corrected chi connectivity index (χ4v) is 0. The van der Waals surface area contributed by atoms with Crippen LogP contribution in [-0.4, -0.2) is 0 Å². The molecule has 0 saturated carbocycles. The molecular weight excluding hydrogens is 582 g/mol. The molecule has 0 radical (unpaired) electrons. The van der Waals surface area contributed by atoms with E-state index in [1.807, 2.05) is 0 Å². The van der Waals surface area contributed by atoms with Gasteiger partial charge in [-0.25, -0.2) is 0 Å². The maximum atomic E-state index is 4.89. The van der Waals surface area contributed by atoms with Crippen LogP contribution in [0.2, 0.25) is 0 Å². The van der Waals surface area contributed by atoms with Gasteiger partial charge in [-0.15, -0.1) is 0 Å². The molecule has 0 nitrogen and oxygen atoms in total. The first kappa shape index (κ1) is 14.4. The van der Waals surface area contributed by atoms with Crippen LogP contribution in [0.15, 0.2) is 0 Å². The van der Waals surface area contributed by atoms with Crippen molar-refractivity contribution in [3.63, 3.8) is 0 Å². The Bertz CT molecular complexity index is 35.8. The number of rotatable bonds is 0. The molecule has 0 saturated heterocycles. The fraction of sp³-hybridized carbons (Fsp3) is 0. The minimum atomic E-state index is -1.77. The van der Waals surface area contributed by atoms with E-state index in [-0.39, 0.29) is 0 Å². The van der Waals surface area contributed by atoms with E-state index in [9.17, 15) is 0 Å². The van der Waals surface area contributed by atoms with Crippen molar-refractivity contribution in [3.05, 3.63) is 0 Å². The van der Waals surface area contributed by atoms with E-state index < -0.39 is 24.3 Å². The van der Waals surface area contributed by atoms with Gasteiger partial charge >= 0.3 is 96.3 Å². The van der Waals surface area contributed by atoms with Gasteiger partial charge in [-0.05, 0) is 0 Å². The molecule has 0 aromatic carbocycles. The summed E-state index contributed by atoms with van der Waals surface area (Å²) in [6, 6.07) is 0. The Labute approximate surface area is 94.0 Å². The predicted octanol–water partition coefficient (Wildman–Crippen LogP) is 4.76. The molecule has 0 aliphatic carbocycles. The molecule has 0 atom stereocenters. The SMILES string of the molecule is [Br][Mo]([Br])([Br])[Br].[Cl][Mo][Cl]. The van der Waals surface area contributed by atoms with Crippen LogP contribution in [-0.2, 0) is 24.3 Å². The van der Waals surface area contributed by atoms with Gasteiger partial charge in [0.1, 0.15) is 0 Å². The Balaban J connectivity index is 0. The average Bonchev–Trinajstić information content (AvgIpc) is 1.27. The Morgan fingerprint density at radius 2 is 1.00 bits per heavy atom. The number of hydrogen-bond acceptors (Lipinski definition) is 0. The second-order valence-electron chi connectivity index (χ2n) is 0.408. The summed E-state index contributed by atoms with van der Waals surface area (Å²) in [6.45, 7) is 0. The topological polar surface area (TPSA) is 0 Å². The molecule has 0 aliphatic rings. The van der Waals surface area contributed by atoms with Crippen molar-refractivity contribution in [1.82, 2.24) is 0 Å². The summed E-state index contributed by atoms with van der Waals surface area (Å²) in [5, 5.41) is 0. The Morgan fingerprint density at radius 3 is 1.00 bits per heavy atom. The summed E-state index contributed by atoms with van der Waals surface area (Å²) in [4.78, 5) is 0. The number of hydrogen-bond donors (Lipinski definition) is 0. The van der Waals surface area contributed by atoms with Crippen LogP contribution in [0.4, 0.5) is 0 Å². The van der Waals surface area contributed by atoms with E-state index in [4.69, 9.17) is 18.8 Å². The normalized spacial score (nSPS) is 11.8. The zero-order chi connectivity index (χ0) is 7.21. The predicted molar refractivity (Wildman–Crippen MR) is 47.4 cm³/mol. The summed E-state index contributed by atoms with van der Waals surface area (Å²) in [7, 11) is 8.02. The van der Waals surface area contributed by atoms with Gasteiger partial charge in [0.25, 0.3) is 0 Å². The molecule has 54 valence electrons. The fourth-order valence-electron chi connectivity index (χ4n) is 0. The molecule has 0 rings (SSSR count). The molecule has 0 aliphatic heterocycles. The second kappa shape index (κ2) is 8.97. The van der Waals surface area contributed by atoms with Crippen LogP contribution in [0.25, 0.3) is 0 Å². The van der Waals surface area contributed by atoms with Crippen molar-refractivity contribution in [1.29, 1.82) is 0 Å². The Hall–Kier alpha value is 3.88. The molecule has 0 bridgehead atoms. The van der Waals surface area contributed by atoms with Crippen LogP contribution in [0, 0.1) is 0 Å². The van der Waals surface area contributed by atoms with Gasteiger partial charge < -0.3 is 0 Å². The third kappa shape index (κ3) is 51.8. The summed E-state index contributed by atoms with van der Waals surface area (Å²) >= 11 is 12.7. The van der Waals surface area contributed by atoms with Crippen LogP contribution >= 0.6 is 72.0 Å². The van der Waals surface area contributed by atoms with E-state index in [2.05, 4.69) is 53.2 Å². The van der Waals surface area contributed by atoms with Gasteiger partial charge in [-0.3, -0.25) is 0 Å². The van der Waals surface area contributed by atoms with E-state index in [0.29, 0.717) is 0 Å². The quantitative estimate of drug-likeness (QED) is 0.362. The van der Waals surface area contributed by atoms with E-state index in [1.54, 1.807) is 0 Å². The average molecular weight is 582 g/mol. The zero-order valence-corrected chi connectivity index (χ0v) is 15.0. The first-order chi connectivity index (χ1) is 3.41. The van der Waals surface area contributed by atoms with Gasteiger partial charge in [0, 0.05) is 0 Å². The zero-order valence-electron chi connectivity index (χ0n) is 3.08. The molecule has 0 amide bonds. The second-order valence-corrected chi connectivity index (χ2v) is 59.0. The molecule has 0 unspecified atom stereocenters. The number of halogens is 6. The van der Waals surface area contributed by atoms with Crippen LogP contribution in [0.1, 0.15) is 0 Å². The molecule has 0 fully saturated rings. The molecule has 0 aromatic rings. The van der Waals surface area contributed by atoms with Gasteiger partial charge in [0.05, 0.1) is 0 Å². The van der Waals surface area contributed by atoms with Gasteiger partial charge in [-0.1, -0.05) is 0 Å². The van der Waals surface area contributed by atoms with Crippen molar-refractivity contribution in [2.75, 3.05) is 0 Å². The van der Waals surface area contributed by atoms with Crippen molar-refractivity contribution in [3.8, 4) is 0 Å².